The molecular weight excluding hydrogens is 492 g/mol. The number of methoxy groups -OCH3 is 2. The number of hydrogen-bond donors (Lipinski definition) is 2. The van der Waals surface area contributed by atoms with Crippen molar-refractivity contribution in [2.75, 3.05) is 86.7 Å². The highest BCUT2D eigenvalue weighted by molar-refractivity contribution is 7.91. The van der Waals surface area contributed by atoms with Gasteiger partial charge in [0, 0.05) is 32.7 Å². The first kappa shape index (κ1) is 25.6. The summed E-state index contributed by atoms with van der Waals surface area (Å²) in [6.07, 6.45) is 3.35. The third-order valence-electron chi connectivity index (χ3n) is 6.71. The fourth-order valence-electron chi connectivity index (χ4n) is 4.66. The van der Waals surface area contributed by atoms with Crippen molar-refractivity contribution in [2.24, 2.45) is 0 Å². The lowest BCUT2D eigenvalue weighted by Gasteiger charge is -2.32. The Hall–Kier alpha value is -3.09. The molecule has 37 heavy (non-hydrogen) atoms. The highest BCUT2D eigenvalue weighted by Crippen LogP contribution is 2.30. The van der Waals surface area contributed by atoms with Gasteiger partial charge in [0.05, 0.1) is 27.3 Å². The molecule has 5 rings (SSSR count). The van der Waals surface area contributed by atoms with Gasteiger partial charge in [-0.2, -0.15) is 4.98 Å². The van der Waals surface area contributed by atoms with Crippen LogP contribution in [0.2, 0.25) is 0 Å². The van der Waals surface area contributed by atoms with Crippen LogP contribution >= 0.6 is 0 Å². The van der Waals surface area contributed by atoms with Crippen molar-refractivity contribution in [3.8, 4) is 11.5 Å². The summed E-state index contributed by atoms with van der Waals surface area (Å²) in [6, 6.07) is 6.02. The molecule has 2 saturated heterocycles. The molecule has 1 aromatic carbocycles. The van der Waals surface area contributed by atoms with Crippen LogP contribution in [0.25, 0.3) is 11.0 Å². The summed E-state index contributed by atoms with van der Waals surface area (Å²) in [7, 11) is 3.29. The Bertz CT molecular complexity index is 1200. The molecule has 0 radical (unpaired) electrons. The van der Waals surface area contributed by atoms with Crippen molar-refractivity contribution in [1.29, 1.82) is 0 Å². The predicted octanol–water partition coefficient (Wildman–Crippen LogP) is 1.46. The highest BCUT2D eigenvalue weighted by Gasteiger charge is 2.26. The lowest BCUT2D eigenvalue weighted by molar-refractivity contribution is 0.354. The molecule has 0 aliphatic carbocycles. The molecule has 0 atom stereocenters. The lowest BCUT2D eigenvalue weighted by atomic mass is 10.1. The number of hydrogen-bond acceptors (Lipinski definition) is 11. The summed E-state index contributed by atoms with van der Waals surface area (Å²) in [5.74, 6) is 4.94. The van der Waals surface area contributed by atoms with E-state index in [2.05, 4.69) is 36.5 Å². The van der Waals surface area contributed by atoms with Crippen LogP contribution in [0.15, 0.2) is 24.5 Å². The molecule has 11 nitrogen and oxygen atoms in total. The lowest BCUT2D eigenvalue weighted by Crippen LogP contribution is -2.45. The predicted molar refractivity (Wildman–Crippen MR) is 147 cm³/mol. The SMILES string of the molecule is COc1ccc(CCCNc2ncnc3c(N4CC[S+]([O-])CC4)nc(N4CCNCC4)nc23)cc1OC. The monoisotopic (exact) mass is 526 g/mol. The van der Waals surface area contributed by atoms with Crippen molar-refractivity contribution >= 4 is 39.8 Å². The second kappa shape index (κ2) is 12.0. The minimum absolute atomic E-state index is 0.640. The molecular formula is C25H34N8O3S. The maximum absolute atomic E-state index is 12.0. The fraction of sp³-hybridized carbons (Fsp3) is 0.520. The van der Waals surface area contributed by atoms with Gasteiger partial charge in [-0.15, -0.1) is 0 Å². The smallest absolute Gasteiger partial charge is 0.228 e. The van der Waals surface area contributed by atoms with Crippen LogP contribution in [0, 0.1) is 0 Å². The molecule has 2 fully saturated rings. The third-order valence-corrected chi connectivity index (χ3v) is 7.99. The first-order chi connectivity index (χ1) is 18.2. The zero-order chi connectivity index (χ0) is 25.6. The van der Waals surface area contributed by atoms with E-state index in [-0.39, 0.29) is 0 Å². The largest absolute Gasteiger partial charge is 0.616 e. The molecule has 0 amide bonds. The van der Waals surface area contributed by atoms with Crippen LogP contribution in [0.5, 0.6) is 11.5 Å². The Morgan fingerprint density at radius 1 is 0.973 bits per heavy atom. The van der Waals surface area contributed by atoms with E-state index in [1.54, 1.807) is 20.5 Å². The normalized spacial score (nSPS) is 16.7. The molecule has 2 N–H and O–H groups in total. The first-order valence-corrected chi connectivity index (χ1v) is 14.2. The number of piperazine rings is 1. The van der Waals surface area contributed by atoms with E-state index < -0.39 is 11.2 Å². The number of ether oxygens (including phenoxy) is 2. The summed E-state index contributed by atoms with van der Waals surface area (Å²) in [5.41, 5.74) is 2.63. The van der Waals surface area contributed by atoms with Crippen molar-refractivity contribution in [3.05, 3.63) is 30.1 Å². The van der Waals surface area contributed by atoms with Crippen LogP contribution < -0.4 is 29.9 Å². The van der Waals surface area contributed by atoms with Crippen LogP contribution in [0.4, 0.5) is 17.6 Å². The van der Waals surface area contributed by atoms with Crippen molar-refractivity contribution in [2.45, 2.75) is 12.8 Å². The second-order valence-corrected chi connectivity index (χ2v) is 10.8. The zero-order valence-electron chi connectivity index (χ0n) is 21.4. The van der Waals surface area contributed by atoms with E-state index in [1.165, 1.54) is 5.56 Å². The van der Waals surface area contributed by atoms with Crippen LogP contribution in [-0.2, 0) is 17.6 Å². The number of aromatic nitrogens is 4. The van der Waals surface area contributed by atoms with Gasteiger partial charge in [0.2, 0.25) is 5.95 Å². The summed E-state index contributed by atoms with van der Waals surface area (Å²) in [6.45, 7) is 5.59. The van der Waals surface area contributed by atoms with Gasteiger partial charge in [-0.25, -0.2) is 15.0 Å². The summed E-state index contributed by atoms with van der Waals surface area (Å²) < 4.78 is 22.7. The quantitative estimate of drug-likeness (QED) is 0.311. The Balaban J connectivity index is 1.36. The van der Waals surface area contributed by atoms with Crippen molar-refractivity contribution < 1.29 is 14.0 Å². The van der Waals surface area contributed by atoms with E-state index in [0.717, 1.165) is 73.9 Å². The molecule has 2 aromatic heterocycles. The minimum Gasteiger partial charge on any atom is -0.616 e. The summed E-state index contributed by atoms with van der Waals surface area (Å²) in [4.78, 5) is 23.4. The molecule has 0 saturated carbocycles. The zero-order valence-corrected chi connectivity index (χ0v) is 22.2. The molecule has 0 unspecified atom stereocenters. The average Bonchev–Trinajstić information content (AvgIpc) is 2.95. The maximum Gasteiger partial charge on any atom is 0.228 e. The number of anilines is 3. The van der Waals surface area contributed by atoms with Crippen molar-refractivity contribution in [1.82, 2.24) is 25.3 Å². The van der Waals surface area contributed by atoms with Gasteiger partial charge in [0.15, 0.2) is 23.1 Å². The second-order valence-electron chi connectivity index (χ2n) is 9.06. The summed E-state index contributed by atoms with van der Waals surface area (Å²) >= 11 is -0.772. The number of nitrogens with zero attached hydrogens (tertiary/aromatic N) is 6. The van der Waals surface area contributed by atoms with Gasteiger partial charge in [0.25, 0.3) is 0 Å². The van der Waals surface area contributed by atoms with Gasteiger partial charge in [-0.05, 0) is 30.5 Å². The molecule has 2 aliphatic rings. The van der Waals surface area contributed by atoms with Gasteiger partial charge in [-0.3, -0.25) is 0 Å². The minimum atomic E-state index is -0.772. The Morgan fingerprint density at radius 3 is 2.51 bits per heavy atom. The van der Waals surface area contributed by atoms with Gasteiger partial charge >= 0.3 is 0 Å². The van der Waals surface area contributed by atoms with E-state index >= 15 is 0 Å². The number of aryl methyl sites for hydroxylation is 1. The maximum atomic E-state index is 12.0. The number of fused-ring (bicyclic) bond motifs is 1. The Morgan fingerprint density at radius 2 is 1.76 bits per heavy atom. The van der Waals surface area contributed by atoms with Gasteiger partial charge in [0.1, 0.15) is 28.9 Å². The third kappa shape index (κ3) is 5.91. The molecule has 3 aromatic rings. The molecule has 0 bridgehead atoms. The molecule has 0 spiro atoms. The number of rotatable bonds is 9. The number of nitrogens with one attached hydrogen (secondary N) is 2. The first-order valence-electron chi connectivity index (χ1n) is 12.7. The van der Waals surface area contributed by atoms with E-state index in [4.69, 9.17) is 19.4 Å². The Labute approximate surface area is 220 Å². The average molecular weight is 527 g/mol. The molecule has 12 heteroatoms. The van der Waals surface area contributed by atoms with E-state index in [1.807, 2.05) is 12.1 Å². The standard InChI is InChI=1S/C25H34N8O3S/c1-35-19-6-5-18(16-20(19)36-2)4-3-7-27-23-21-22(28-17-29-23)24(32-12-14-37(34)15-13-32)31-25(30-21)33-10-8-26-9-11-33/h5-6,16-17,26H,3-4,7-15H2,1-2H3,(H,27,28,29). The van der Waals surface area contributed by atoms with Crippen LogP contribution in [-0.4, -0.2) is 96.0 Å². The van der Waals surface area contributed by atoms with Crippen molar-refractivity contribution in [3.63, 3.8) is 0 Å². The summed E-state index contributed by atoms with van der Waals surface area (Å²) in [5, 5.41) is 6.86. The Kier molecular flexibility index (Phi) is 8.27. The van der Waals surface area contributed by atoms with Crippen LogP contribution in [0.3, 0.4) is 0 Å². The van der Waals surface area contributed by atoms with Gasteiger partial charge < -0.3 is 34.5 Å². The van der Waals surface area contributed by atoms with Crippen LogP contribution in [0.1, 0.15) is 12.0 Å². The molecule has 4 heterocycles. The van der Waals surface area contributed by atoms with E-state index in [9.17, 15) is 4.55 Å². The topological polar surface area (TPSA) is 124 Å². The van der Waals surface area contributed by atoms with E-state index in [0.29, 0.717) is 36.4 Å². The number of benzene rings is 1. The molecule has 2 aliphatic heterocycles. The fourth-order valence-corrected chi connectivity index (χ4v) is 5.71. The van der Waals surface area contributed by atoms with Gasteiger partial charge in [-0.1, -0.05) is 17.2 Å². The highest BCUT2D eigenvalue weighted by atomic mass is 32.2. The molecule has 198 valence electrons.